The number of carboxylic acids is 1. The van der Waals surface area contributed by atoms with E-state index in [9.17, 15) is 14.0 Å². The van der Waals surface area contributed by atoms with Crippen LogP contribution < -0.4 is 0 Å². The van der Waals surface area contributed by atoms with E-state index in [1.54, 1.807) is 85.1 Å². The molecule has 5 nitrogen and oxygen atoms in total. The minimum absolute atomic E-state index is 0.139. The maximum Gasteiger partial charge on any atom is 0.338 e. The highest BCUT2D eigenvalue weighted by atomic mass is 35.5. The minimum atomic E-state index is -0.855. The monoisotopic (exact) mass is 795 g/mol. The molecule has 252 valence electrons. The zero-order chi connectivity index (χ0) is 35.4. The number of hydrogen-bond donors (Lipinski definition) is 1. The van der Waals surface area contributed by atoms with Crippen molar-refractivity contribution in [3.05, 3.63) is 156 Å². The van der Waals surface area contributed by atoms with E-state index in [2.05, 4.69) is 52.2 Å². The number of aryl methyl sites for hydroxylation is 2. The number of halogens is 2. The fourth-order valence-corrected chi connectivity index (χ4v) is 6.84. The summed E-state index contributed by atoms with van der Waals surface area (Å²) in [6, 6.07) is 14.6. The van der Waals surface area contributed by atoms with Crippen LogP contribution in [0.3, 0.4) is 0 Å². The number of esters is 1. The molecule has 0 atom stereocenters. The standard InChI is InChI=1S/C6H6O2S.C5H3NS.C5H4O2S.2C5H6S.C4H3ClS.C4H3FS/c1-8-6(7)5-2-3-9-4-5;6-3-5-1-2-7-4-5;6-5(7)4-1-2-8-3-4;2*1-5-2-3-6-4-5;2*5-4-1-2-6-3-4/h2-4H,1H3;1-2,4H;1-3H,(H,6,7);2*2-4H,1H3;2*1-3H. The molecule has 0 unspecified atom stereocenters. The van der Waals surface area contributed by atoms with E-state index in [4.69, 9.17) is 22.0 Å². The van der Waals surface area contributed by atoms with Crippen molar-refractivity contribution in [2.24, 2.45) is 0 Å². The number of carbonyl (C=O) groups excluding carboxylic acids is 1. The number of methoxy groups -OCH3 is 1. The van der Waals surface area contributed by atoms with Crippen LogP contribution in [0.2, 0.25) is 5.02 Å². The van der Waals surface area contributed by atoms with Crippen LogP contribution in [0.5, 0.6) is 0 Å². The van der Waals surface area contributed by atoms with Gasteiger partial charge in [-0.25, -0.2) is 14.0 Å². The molecule has 7 aromatic heterocycles. The summed E-state index contributed by atoms with van der Waals surface area (Å²) in [5, 5.41) is 43.3. The Morgan fingerprint density at radius 2 is 1.12 bits per heavy atom. The van der Waals surface area contributed by atoms with E-state index in [0.717, 1.165) is 10.6 Å². The van der Waals surface area contributed by atoms with Crippen LogP contribution in [0.15, 0.2) is 118 Å². The summed E-state index contributed by atoms with van der Waals surface area (Å²) in [5.41, 5.74) is 4.47. The Kier molecular flexibility index (Phi) is 24.4. The first-order valence-corrected chi connectivity index (χ1v) is 20.2. The fraction of sp³-hybridized carbons (Fsp3) is 0.0882. The number of thiophene rings is 7. The van der Waals surface area contributed by atoms with Gasteiger partial charge < -0.3 is 9.84 Å². The Labute approximate surface area is 313 Å². The second-order valence-electron chi connectivity index (χ2n) is 8.43. The van der Waals surface area contributed by atoms with E-state index in [-0.39, 0.29) is 11.8 Å². The molecule has 0 amide bonds. The molecule has 7 aromatic rings. The number of ether oxygens (including phenoxy) is 1. The molecule has 0 saturated heterocycles. The van der Waals surface area contributed by atoms with Crippen LogP contribution in [0.25, 0.3) is 0 Å². The number of hydrogen-bond acceptors (Lipinski definition) is 11. The lowest BCUT2D eigenvalue weighted by molar-refractivity contribution is 0.0600. The van der Waals surface area contributed by atoms with Crippen molar-refractivity contribution >= 4 is 103 Å². The van der Waals surface area contributed by atoms with Gasteiger partial charge in [0.15, 0.2) is 0 Å². The molecule has 7 rings (SSSR count). The van der Waals surface area contributed by atoms with Gasteiger partial charge in [0.2, 0.25) is 0 Å². The molecule has 0 aliphatic carbocycles. The quantitative estimate of drug-likeness (QED) is 0.176. The SMILES string of the molecule is COC(=O)c1ccsc1.Cc1ccsc1.Cc1ccsc1.Clc1ccsc1.Fc1ccsc1.N#Cc1ccsc1.O=C(O)c1ccsc1. The predicted molar refractivity (Wildman–Crippen MR) is 208 cm³/mol. The van der Waals surface area contributed by atoms with Crippen molar-refractivity contribution in [2.45, 2.75) is 13.8 Å². The van der Waals surface area contributed by atoms with E-state index in [1.165, 1.54) is 63.7 Å². The van der Waals surface area contributed by atoms with Gasteiger partial charge in [0.05, 0.1) is 34.9 Å². The molecule has 0 aromatic carbocycles. The fourth-order valence-electron chi connectivity index (χ4n) is 2.37. The van der Waals surface area contributed by atoms with Crippen LogP contribution in [0.1, 0.15) is 37.4 Å². The molecule has 48 heavy (non-hydrogen) atoms. The number of carbonyl (C=O) groups is 2. The molecule has 0 aliphatic rings. The molecule has 0 fully saturated rings. The summed E-state index contributed by atoms with van der Waals surface area (Å²) < 4.78 is 16.1. The highest BCUT2D eigenvalue weighted by Crippen LogP contribution is 2.10. The van der Waals surface area contributed by atoms with Crippen LogP contribution >= 0.6 is 91.0 Å². The second-order valence-corrected chi connectivity index (χ2v) is 14.3. The third-order valence-corrected chi connectivity index (χ3v) is 10.0. The van der Waals surface area contributed by atoms with Crippen molar-refractivity contribution in [3.63, 3.8) is 0 Å². The number of aromatic carboxylic acids is 1. The number of nitrogens with zero attached hydrogens (tertiary/aromatic N) is 1. The molecule has 14 heteroatoms. The molecule has 0 aliphatic heterocycles. The molecular formula is C34H31ClFNO4S7. The summed E-state index contributed by atoms with van der Waals surface area (Å²) in [4.78, 5) is 20.7. The lowest BCUT2D eigenvalue weighted by Crippen LogP contribution is -1.97. The molecule has 0 bridgehead atoms. The first kappa shape index (κ1) is 42.6. The lowest BCUT2D eigenvalue weighted by Gasteiger charge is -1.90. The number of rotatable bonds is 2. The van der Waals surface area contributed by atoms with Gasteiger partial charge in [-0.1, -0.05) is 11.6 Å². The summed E-state index contributed by atoms with van der Waals surface area (Å²) in [6.45, 7) is 4.19. The Morgan fingerprint density at radius 3 is 1.33 bits per heavy atom. The zero-order valence-corrected chi connectivity index (χ0v) is 32.3. The van der Waals surface area contributed by atoms with Gasteiger partial charge >= 0.3 is 11.9 Å². The molecule has 0 spiro atoms. The highest BCUT2D eigenvalue weighted by Gasteiger charge is 2.02. The highest BCUT2D eigenvalue weighted by molar-refractivity contribution is 7.09. The summed E-state index contributed by atoms with van der Waals surface area (Å²) in [5.74, 6) is -1.26. The average molecular weight is 797 g/mol. The maximum absolute atomic E-state index is 11.7. The van der Waals surface area contributed by atoms with Gasteiger partial charge in [-0.05, 0) is 116 Å². The van der Waals surface area contributed by atoms with E-state index >= 15 is 0 Å². The summed E-state index contributed by atoms with van der Waals surface area (Å²) in [7, 11) is 1.38. The van der Waals surface area contributed by atoms with E-state index < -0.39 is 5.97 Å². The number of carboxylic acid groups (broad SMARTS) is 1. The van der Waals surface area contributed by atoms with Crippen molar-refractivity contribution in [2.75, 3.05) is 7.11 Å². The smallest absolute Gasteiger partial charge is 0.338 e. The normalized spacial score (nSPS) is 8.75. The van der Waals surface area contributed by atoms with Crippen molar-refractivity contribution in [1.82, 2.24) is 0 Å². The molecular weight excluding hydrogens is 765 g/mol. The molecule has 0 saturated carbocycles. The van der Waals surface area contributed by atoms with E-state index in [1.807, 2.05) is 39.0 Å². The average Bonchev–Trinajstić information content (AvgIpc) is 3.93. The summed E-state index contributed by atoms with van der Waals surface area (Å²) in [6.07, 6.45) is 0. The predicted octanol–water partition coefficient (Wildman–Crippen LogP) is 13.0. The van der Waals surface area contributed by atoms with Gasteiger partial charge in [0, 0.05) is 26.9 Å². The van der Waals surface area contributed by atoms with Gasteiger partial charge in [0.1, 0.15) is 5.82 Å². The van der Waals surface area contributed by atoms with Gasteiger partial charge in [-0.3, -0.25) is 0 Å². The maximum atomic E-state index is 11.7. The lowest BCUT2D eigenvalue weighted by atomic mass is 10.4. The van der Waals surface area contributed by atoms with Crippen LogP contribution in [0.4, 0.5) is 4.39 Å². The topological polar surface area (TPSA) is 87.4 Å². The Morgan fingerprint density at radius 1 is 0.667 bits per heavy atom. The molecule has 0 radical (unpaired) electrons. The van der Waals surface area contributed by atoms with Crippen LogP contribution in [-0.4, -0.2) is 24.2 Å². The zero-order valence-electron chi connectivity index (χ0n) is 25.9. The Balaban J connectivity index is 0.000000282. The first-order chi connectivity index (χ1) is 23.2. The summed E-state index contributed by atoms with van der Waals surface area (Å²) >= 11 is 16.3. The van der Waals surface area contributed by atoms with Gasteiger partial charge in [-0.2, -0.15) is 73.3 Å². The van der Waals surface area contributed by atoms with E-state index in [0.29, 0.717) is 11.1 Å². The van der Waals surface area contributed by atoms with Crippen molar-refractivity contribution in [1.29, 1.82) is 5.26 Å². The Hall–Kier alpha value is -3.45. The second kappa shape index (κ2) is 27.5. The largest absolute Gasteiger partial charge is 0.478 e. The number of nitriles is 1. The first-order valence-electron chi connectivity index (χ1n) is 13.3. The van der Waals surface area contributed by atoms with Crippen molar-refractivity contribution < 1.29 is 23.8 Å². The minimum Gasteiger partial charge on any atom is -0.478 e. The van der Waals surface area contributed by atoms with Gasteiger partial charge in [-0.15, -0.1) is 11.3 Å². The third kappa shape index (κ3) is 22.2. The third-order valence-electron chi connectivity index (χ3n) is 4.66. The van der Waals surface area contributed by atoms with Gasteiger partial charge in [0.25, 0.3) is 0 Å². The Bertz CT molecular complexity index is 1600. The molecule has 7 heterocycles. The van der Waals surface area contributed by atoms with Crippen LogP contribution in [0, 0.1) is 31.0 Å². The van der Waals surface area contributed by atoms with Crippen molar-refractivity contribution in [3.8, 4) is 6.07 Å². The van der Waals surface area contributed by atoms with Crippen LogP contribution in [-0.2, 0) is 4.74 Å². The molecule has 1 N–H and O–H groups in total.